The summed E-state index contributed by atoms with van der Waals surface area (Å²) in [5.41, 5.74) is 6.56. The van der Waals surface area contributed by atoms with E-state index in [4.69, 9.17) is 5.73 Å². The summed E-state index contributed by atoms with van der Waals surface area (Å²) < 4.78 is 0. The van der Waals surface area contributed by atoms with Crippen LogP contribution < -0.4 is 11.1 Å². The molecule has 0 bridgehead atoms. The number of hydrogen-bond donors (Lipinski definition) is 2. The van der Waals surface area contributed by atoms with E-state index in [2.05, 4.69) is 44.8 Å². The number of rotatable bonds is 6. The minimum Gasteiger partial charge on any atom is -0.329 e. The van der Waals surface area contributed by atoms with Crippen LogP contribution in [-0.4, -0.2) is 30.1 Å². The van der Waals surface area contributed by atoms with Crippen LogP contribution in [0.4, 0.5) is 0 Å². The normalized spacial score (nSPS) is 28.6. The molecular weight excluding hydrogens is 228 g/mol. The van der Waals surface area contributed by atoms with Crippen molar-refractivity contribution in [2.24, 2.45) is 17.1 Å². The van der Waals surface area contributed by atoms with Crippen molar-refractivity contribution in [2.75, 3.05) is 24.6 Å². The summed E-state index contributed by atoms with van der Waals surface area (Å²) in [5.74, 6) is 3.24. The molecule has 1 unspecified atom stereocenters. The fraction of sp³-hybridized carbons (Fsp3) is 1.00. The predicted octanol–water partition coefficient (Wildman–Crippen LogP) is 2.87. The van der Waals surface area contributed by atoms with Crippen LogP contribution in [0.3, 0.4) is 0 Å². The second-order valence-corrected chi connectivity index (χ2v) is 7.14. The highest BCUT2D eigenvalue weighted by Gasteiger charge is 2.45. The minimum absolute atomic E-state index is 0.137. The Hall–Kier alpha value is 0.270. The lowest BCUT2D eigenvalue weighted by Crippen LogP contribution is -2.65. The van der Waals surface area contributed by atoms with Crippen LogP contribution in [0, 0.1) is 11.3 Å². The lowest BCUT2D eigenvalue weighted by molar-refractivity contribution is 0.130. The molecule has 1 aliphatic rings. The third kappa shape index (κ3) is 3.39. The maximum Gasteiger partial charge on any atom is 0.0447 e. The van der Waals surface area contributed by atoms with Gasteiger partial charge in [0.2, 0.25) is 0 Å². The van der Waals surface area contributed by atoms with Gasteiger partial charge in [0.15, 0.2) is 0 Å². The number of nitrogens with two attached hydrogens (primary N) is 1. The van der Waals surface area contributed by atoms with E-state index in [0.717, 1.165) is 24.8 Å². The second kappa shape index (κ2) is 6.44. The van der Waals surface area contributed by atoms with Crippen molar-refractivity contribution in [1.82, 2.24) is 5.32 Å². The smallest absolute Gasteiger partial charge is 0.0447 e. The Bertz CT molecular complexity index is 226. The van der Waals surface area contributed by atoms with E-state index in [9.17, 15) is 0 Å². The van der Waals surface area contributed by atoms with Crippen molar-refractivity contribution in [3.63, 3.8) is 0 Å². The Morgan fingerprint density at radius 3 is 2.41 bits per heavy atom. The zero-order valence-electron chi connectivity index (χ0n) is 12.0. The van der Waals surface area contributed by atoms with Crippen LogP contribution in [0.2, 0.25) is 0 Å². The van der Waals surface area contributed by atoms with Crippen molar-refractivity contribution in [1.29, 1.82) is 0 Å². The van der Waals surface area contributed by atoms with Crippen molar-refractivity contribution in [3.05, 3.63) is 0 Å². The van der Waals surface area contributed by atoms with Crippen LogP contribution in [0.5, 0.6) is 0 Å². The van der Waals surface area contributed by atoms with E-state index in [1.54, 1.807) is 0 Å². The van der Waals surface area contributed by atoms with Crippen molar-refractivity contribution in [2.45, 2.75) is 52.5 Å². The Kier molecular flexibility index (Phi) is 5.81. The van der Waals surface area contributed by atoms with Gasteiger partial charge in [0.1, 0.15) is 0 Å². The van der Waals surface area contributed by atoms with E-state index < -0.39 is 0 Å². The first-order valence-electron chi connectivity index (χ1n) is 7.04. The molecule has 0 radical (unpaired) electrons. The molecule has 1 atom stereocenters. The lowest BCUT2D eigenvalue weighted by Gasteiger charge is -2.50. The average Bonchev–Trinajstić information content (AvgIpc) is 2.32. The number of thioether (sulfide) groups is 1. The summed E-state index contributed by atoms with van der Waals surface area (Å²) in [5, 5.41) is 3.83. The summed E-state index contributed by atoms with van der Waals surface area (Å²) >= 11 is 2.05. The van der Waals surface area contributed by atoms with Gasteiger partial charge in [-0.3, -0.25) is 0 Å². The Morgan fingerprint density at radius 1 is 1.29 bits per heavy atom. The standard InChI is InChI=1S/C14H30N2S/c1-5-12(6-2)9-16-14(10-15)11-17-8-7-13(14,3)4/h12,16H,5-11,15H2,1-4H3. The van der Waals surface area contributed by atoms with Gasteiger partial charge in [-0.2, -0.15) is 11.8 Å². The zero-order valence-corrected chi connectivity index (χ0v) is 12.8. The van der Waals surface area contributed by atoms with Crippen molar-refractivity contribution in [3.8, 4) is 0 Å². The monoisotopic (exact) mass is 258 g/mol. The fourth-order valence-electron chi connectivity index (χ4n) is 2.62. The molecule has 3 N–H and O–H groups in total. The van der Waals surface area contributed by atoms with Gasteiger partial charge < -0.3 is 11.1 Å². The third-order valence-electron chi connectivity index (χ3n) is 4.75. The van der Waals surface area contributed by atoms with Crippen molar-refractivity contribution >= 4 is 11.8 Å². The molecule has 0 aromatic carbocycles. The summed E-state index contributed by atoms with van der Waals surface area (Å²) in [6, 6.07) is 0. The first-order valence-corrected chi connectivity index (χ1v) is 8.19. The Balaban J connectivity index is 2.67. The highest BCUT2D eigenvalue weighted by atomic mass is 32.2. The largest absolute Gasteiger partial charge is 0.329 e. The van der Waals surface area contributed by atoms with E-state index in [1.165, 1.54) is 25.0 Å². The van der Waals surface area contributed by atoms with Gasteiger partial charge in [-0.15, -0.1) is 0 Å². The van der Waals surface area contributed by atoms with E-state index in [1.807, 2.05) is 0 Å². The molecule has 1 aliphatic heterocycles. The lowest BCUT2D eigenvalue weighted by atomic mass is 9.70. The Labute approximate surface area is 111 Å². The number of hydrogen-bond acceptors (Lipinski definition) is 3. The van der Waals surface area contributed by atoms with Gasteiger partial charge in [0.05, 0.1) is 0 Å². The van der Waals surface area contributed by atoms with Gasteiger partial charge in [-0.1, -0.05) is 40.5 Å². The molecule has 3 heteroatoms. The van der Waals surface area contributed by atoms with Crippen LogP contribution in [0.25, 0.3) is 0 Å². The summed E-state index contributed by atoms with van der Waals surface area (Å²) in [6.07, 6.45) is 3.79. The second-order valence-electron chi connectivity index (χ2n) is 6.04. The maximum absolute atomic E-state index is 6.11. The van der Waals surface area contributed by atoms with Crippen LogP contribution in [0.15, 0.2) is 0 Å². The molecule has 17 heavy (non-hydrogen) atoms. The van der Waals surface area contributed by atoms with E-state index in [0.29, 0.717) is 5.41 Å². The minimum atomic E-state index is 0.137. The van der Waals surface area contributed by atoms with Gasteiger partial charge in [-0.05, 0) is 30.1 Å². The molecule has 1 saturated heterocycles. The summed E-state index contributed by atoms with van der Waals surface area (Å²) in [7, 11) is 0. The molecule has 0 amide bonds. The molecule has 1 heterocycles. The van der Waals surface area contributed by atoms with Crippen LogP contribution >= 0.6 is 11.8 Å². The van der Waals surface area contributed by atoms with Crippen molar-refractivity contribution < 1.29 is 0 Å². The summed E-state index contributed by atoms with van der Waals surface area (Å²) in [4.78, 5) is 0. The Morgan fingerprint density at radius 2 is 1.94 bits per heavy atom. The highest BCUT2D eigenvalue weighted by Crippen LogP contribution is 2.41. The maximum atomic E-state index is 6.11. The molecule has 0 aliphatic carbocycles. The topological polar surface area (TPSA) is 38.0 Å². The first kappa shape index (κ1) is 15.3. The molecule has 2 nitrogen and oxygen atoms in total. The molecular formula is C14H30N2S. The molecule has 0 saturated carbocycles. The fourth-order valence-corrected chi connectivity index (χ4v) is 4.38. The van der Waals surface area contributed by atoms with Crippen LogP contribution in [-0.2, 0) is 0 Å². The predicted molar refractivity (Wildman–Crippen MR) is 79.6 cm³/mol. The molecule has 0 aromatic rings. The number of nitrogens with one attached hydrogen (secondary N) is 1. The van der Waals surface area contributed by atoms with Gasteiger partial charge in [0.25, 0.3) is 0 Å². The van der Waals surface area contributed by atoms with Gasteiger partial charge >= 0.3 is 0 Å². The molecule has 1 rings (SSSR count). The van der Waals surface area contributed by atoms with Crippen LogP contribution in [0.1, 0.15) is 47.0 Å². The van der Waals surface area contributed by atoms with Gasteiger partial charge in [0, 0.05) is 17.8 Å². The summed E-state index contributed by atoms with van der Waals surface area (Å²) in [6.45, 7) is 11.2. The quantitative estimate of drug-likeness (QED) is 0.769. The van der Waals surface area contributed by atoms with Gasteiger partial charge in [-0.25, -0.2) is 0 Å². The van der Waals surface area contributed by atoms with E-state index >= 15 is 0 Å². The molecule has 1 fully saturated rings. The molecule has 0 aromatic heterocycles. The highest BCUT2D eigenvalue weighted by molar-refractivity contribution is 7.99. The van der Waals surface area contributed by atoms with E-state index in [-0.39, 0.29) is 5.54 Å². The zero-order chi connectivity index (χ0) is 12.9. The SMILES string of the molecule is CCC(CC)CNC1(CN)CSCCC1(C)C. The molecule has 102 valence electrons. The first-order chi connectivity index (χ1) is 8.01. The third-order valence-corrected chi connectivity index (χ3v) is 5.94. The molecule has 0 spiro atoms. The average molecular weight is 258 g/mol.